The topological polar surface area (TPSA) is 70.0 Å². The molecule has 1 atom stereocenters. The Kier molecular flexibility index (Phi) is 2.93. The molecule has 2 rings (SSSR count). The molecule has 17 heavy (non-hydrogen) atoms. The van der Waals surface area contributed by atoms with Crippen molar-refractivity contribution in [3.8, 4) is 11.5 Å². The fraction of sp³-hybridized carbons (Fsp3) is 0.417. The molecule has 1 unspecified atom stereocenters. The number of carboxylic acid groups (broad SMARTS) is 1. The molecule has 0 aromatic heterocycles. The van der Waals surface area contributed by atoms with Gasteiger partial charge in [0.25, 0.3) is 0 Å². The monoisotopic (exact) mass is 237 g/mol. The second kappa shape index (κ2) is 4.25. The van der Waals surface area contributed by atoms with Crippen LogP contribution >= 0.6 is 0 Å². The van der Waals surface area contributed by atoms with Gasteiger partial charge in [0.05, 0.1) is 7.11 Å². The van der Waals surface area contributed by atoms with Gasteiger partial charge in [0.2, 0.25) is 0 Å². The number of hydrogen-bond donors (Lipinski definition) is 2. The molecular formula is C12H15NO4. The molecule has 0 amide bonds. The van der Waals surface area contributed by atoms with Crippen LogP contribution in [0.4, 0.5) is 0 Å². The van der Waals surface area contributed by atoms with Crippen molar-refractivity contribution in [1.29, 1.82) is 0 Å². The van der Waals surface area contributed by atoms with Crippen LogP contribution in [0.5, 0.6) is 11.5 Å². The van der Waals surface area contributed by atoms with Crippen LogP contribution in [0.15, 0.2) is 12.1 Å². The smallest absolute Gasteiger partial charge is 0.321 e. The average molecular weight is 237 g/mol. The molecule has 1 aliphatic rings. The van der Waals surface area contributed by atoms with Crippen molar-refractivity contribution in [2.45, 2.75) is 19.0 Å². The van der Waals surface area contributed by atoms with E-state index in [0.29, 0.717) is 18.7 Å². The lowest BCUT2D eigenvalue weighted by molar-refractivity contribution is -0.143. The van der Waals surface area contributed by atoms with Crippen molar-refractivity contribution in [3.63, 3.8) is 0 Å². The van der Waals surface area contributed by atoms with Gasteiger partial charge in [-0.15, -0.1) is 0 Å². The maximum Gasteiger partial charge on any atom is 0.321 e. The number of nitrogens with zero attached hydrogens (tertiary/aromatic N) is 1. The Morgan fingerprint density at radius 1 is 1.47 bits per heavy atom. The number of aliphatic carboxylic acids is 1. The molecule has 0 spiro atoms. The first-order valence-corrected chi connectivity index (χ1v) is 5.34. The van der Waals surface area contributed by atoms with Crippen LogP contribution in [-0.2, 0) is 17.8 Å². The number of fused-ring (bicyclic) bond motifs is 1. The Morgan fingerprint density at radius 2 is 2.18 bits per heavy atom. The molecule has 0 fully saturated rings. The highest BCUT2D eigenvalue weighted by atomic mass is 16.5. The van der Waals surface area contributed by atoms with Crippen LogP contribution in [0, 0.1) is 0 Å². The van der Waals surface area contributed by atoms with E-state index in [-0.39, 0.29) is 5.75 Å². The van der Waals surface area contributed by atoms with Gasteiger partial charge in [-0.05, 0) is 36.7 Å². The SMILES string of the molecule is COc1cc2c(cc1O)CC(C(=O)O)N(C)C2. The number of carbonyl (C=O) groups is 1. The Hall–Kier alpha value is -1.75. The van der Waals surface area contributed by atoms with Gasteiger partial charge in [-0.25, -0.2) is 0 Å². The van der Waals surface area contributed by atoms with Crippen molar-refractivity contribution in [2.24, 2.45) is 0 Å². The minimum atomic E-state index is -0.839. The van der Waals surface area contributed by atoms with Crippen LogP contribution in [0.1, 0.15) is 11.1 Å². The Balaban J connectivity index is 2.38. The summed E-state index contributed by atoms with van der Waals surface area (Å²) in [5.74, 6) is -0.362. The zero-order chi connectivity index (χ0) is 12.6. The normalized spacial score (nSPS) is 19.8. The van der Waals surface area contributed by atoms with E-state index < -0.39 is 12.0 Å². The van der Waals surface area contributed by atoms with Crippen molar-refractivity contribution >= 4 is 5.97 Å². The summed E-state index contributed by atoms with van der Waals surface area (Å²) in [4.78, 5) is 12.8. The van der Waals surface area contributed by atoms with Crippen LogP contribution in [0.25, 0.3) is 0 Å². The van der Waals surface area contributed by atoms with Crippen molar-refractivity contribution in [2.75, 3.05) is 14.2 Å². The van der Waals surface area contributed by atoms with E-state index in [1.807, 2.05) is 0 Å². The number of aromatic hydroxyl groups is 1. The molecular weight excluding hydrogens is 222 g/mol. The summed E-state index contributed by atoms with van der Waals surface area (Å²) in [6.07, 6.45) is 0.402. The summed E-state index contributed by atoms with van der Waals surface area (Å²) in [7, 11) is 3.27. The van der Waals surface area contributed by atoms with E-state index in [4.69, 9.17) is 9.84 Å². The molecule has 0 radical (unpaired) electrons. The number of benzene rings is 1. The molecule has 0 aliphatic carbocycles. The fourth-order valence-corrected chi connectivity index (χ4v) is 2.17. The van der Waals surface area contributed by atoms with Gasteiger partial charge in [0, 0.05) is 6.54 Å². The molecule has 1 aromatic carbocycles. The molecule has 5 heteroatoms. The van der Waals surface area contributed by atoms with E-state index >= 15 is 0 Å². The predicted molar refractivity (Wildman–Crippen MR) is 61.3 cm³/mol. The number of likely N-dealkylation sites (N-methyl/N-ethyl adjacent to an activating group) is 1. The molecule has 1 heterocycles. The van der Waals surface area contributed by atoms with E-state index in [9.17, 15) is 9.90 Å². The first kappa shape index (κ1) is 11.7. The summed E-state index contributed by atoms with van der Waals surface area (Å²) in [6, 6.07) is 2.83. The first-order valence-electron chi connectivity index (χ1n) is 5.34. The second-order valence-electron chi connectivity index (χ2n) is 4.27. The number of hydrogen-bond acceptors (Lipinski definition) is 4. The van der Waals surface area contributed by atoms with Gasteiger partial charge >= 0.3 is 5.97 Å². The minimum Gasteiger partial charge on any atom is -0.504 e. The van der Waals surface area contributed by atoms with E-state index in [0.717, 1.165) is 11.1 Å². The molecule has 0 bridgehead atoms. The number of carboxylic acids is 1. The van der Waals surface area contributed by atoms with Crippen LogP contribution in [0.2, 0.25) is 0 Å². The summed E-state index contributed by atoms with van der Waals surface area (Å²) in [5.41, 5.74) is 1.87. The zero-order valence-electron chi connectivity index (χ0n) is 9.80. The molecule has 1 aromatic rings. The molecule has 0 saturated heterocycles. The van der Waals surface area contributed by atoms with Gasteiger partial charge in [-0.3, -0.25) is 9.69 Å². The average Bonchev–Trinajstić information content (AvgIpc) is 2.27. The number of rotatable bonds is 2. The maximum absolute atomic E-state index is 11.1. The summed E-state index contributed by atoms with van der Waals surface area (Å²) >= 11 is 0. The Morgan fingerprint density at radius 3 is 2.76 bits per heavy atom. The molecule has 92 valence electrons. The van der Waals surface area contributed by atoms with Crippen LogP contribution in [-0.4, -0.2) is 41.3 Å². The van der Waals surface area contributed by atoms with Crippen molar-refractivity contribution < 1.29 is 19.7 Å². The van der Waals surface area contributed by atoms with E-state index in [1.165, 1.54) is 7.11 Å². The first-order chi connectivity index (χ1) is 8.02. The highest BCUT2D eigenvalue weighted by molar-refractivity contribution is 5.74. The second-order valence-corrected chi connectivity index (χ2v) is 4.27. The number of phenols is 1. The van der Waals surface area contributed by atoms with Crippen LogP contribution in [0.3, 0.4) is 0 Å². The third kappa shape index (κ3) is 2.06. The highest BCUT2D eigenvalue weighted by Crippen LogP contribution is 2.33. The third-order valence-corrected chi connectivity index (χ3v) is 3.15. The Bertz CT molecular complexity index is 458. The fourth-order valence-electron chi connectivity index (χ4n) is 2.17. The zero-order valence-corrected chi connectivity index (χ0v) is 9.80. The third-order valence-electron chi connectivity index (χ3n) is 3.15. The Labute approximate surface area is 99.2 Å². The lowest BCUT2D eigenvalue weighted by atomic mass is 9.94. The lowest BCUT2D eigenvalue weighted by Crippen LogP contribution is -2.43. The molecule has 2 N–H and O–H groups in total. The molecule has 1 aliphatic heterocycles. The van der Waals surface area contributed by atoms with Gasteiger partial charge in [0.1, 0.15) is 6.04 Å². The maximum atomic E-state index is 11.1. The molecule has 0 saturated carbocycles. The molecule has 5 nitrogen and oxygen atoms in total. The summed E-state index contributed by atoms with van der Waals surface area (Å²) in [6.45, 7) is 0.545. The minimum absolute atomic E-state index is 0.0555. The lowest BCUT2D eigenvalue weighted by Gasteiger charge is -2.31. The van der Waals surface area contributed by atoms with Gasteiger partial charge < -0.3 is 14.9 Å². The van der Waals surface area contributed by atoms with Crippen molar-refractivity contribution in [3.05, 3.63) is 23.3 Å². The van der Waals surface area contributed by atoms with E-state index in [1.54, 1.807) is 24.1 Å². The summed E-state index contributed by atoms with van der Waals surface area (Å²) < 4.78 is 5.04. The van der Waals surface area contributed by atoms with Gasteiger partial charge in [0.15, 0.2) is 11.5 Å². The van der Waals surface area contributed by atoms with Gasteiger partial charge in [-0.1, -0.05) is 0 Å². The quantitative estimate of drug-likeness (QED) is 0.797. The van der Waals surface area contributed by atoms with Gasteiger partial charge in [-0.2, -0.15) is 0 Å². The van der Waals surface area contributed by atoms with E-state index in [2.05, 4.69) is 0 Å². The highest BCUT2D eigenvalue weighted by Gasteiger charge is 2.29. The largest absolute Gasteiger partial charge is 0.504 e. The number of phenolic OH excluding ortho intramolecular Hbond substituents is 1. The predicted octanol–water partition coefficient (Wildman–Crippen LogP) is 0.842. The number of ether oxygens (including phenoxy) is 1. The summed E-state index contributed by atoms with van der Waals surface area (Å²) in [5, 5.41) is 18.7. The van der Waals surface area contributed by atoms with Crippen LogP contribution < -0.4 is 4.74 Å². The standard InChI is InChI=1S/C12H15NO4/c1-13-6-8-5-11(17-2)10(14)4-7(8)3-9(13)12(15)16/h4-5,9,14H,3,6H2,1-2H3,(H,15,16). The number of methoxy groups -OCH3 is 1. The van der Waals surface area contributed by atoms with Crippen molar-refractivity contribution in [1.82, 2.24) is 4.90 Å².